The minimum atomic E-state index is -0.470. The molecule has 1 aliphatic rings. The fourth-order valence-electron chi connectivity index (χ4n) is 4.93. The van der Waals surface area contributed by atoms with Gasteiger partial charge in [-0.15, -0.1) is 0 Å². The van der Waals surface area contributed by atoms with Crippen molar-refractivity contribution in [3.8, 4) is 11.3 Å². The highest BCUT2D eigenvalue weighted by Gasteiger charge is 2.28. The first-order valence-electron chi connectivity index (χ1n) is 12.5. The van der Waals surface area contributed by atoms with Crippen LogP contribution in [0.2, 0.25) is 5.02 Å². The van der Waals surface area contributed by atoms with Crippen molar-refractivity contribution in [3.05, 3.63) is 75.9 Å². The number of ether oxygens (including phenoxy) is 2. The van der Waals surface area contributed by atoms with Crippen LogP contribution in [0.15, 0.2) is 53.1 Å². The first-order valence-corrected chi connectivity index (χ1v) is 12.9. The average molecular weight is 510 g/mol. The van der Waals surface area contributed by atoms with Gasteiger partial charge >= 0.3 is 11.9 Å². The largest absolute Gasteiger partial charge is 0.466 e. The van der Waals surface area contributed by atoms with E-state index in [0.29, 0.717) is 29.0 Å². The molecule has 36 heavy (non-hydrogen) atoms. The number of halogens is 1. The lowest BCUT2D eigenvalue weighted by Crippen LogP contribution is -2.23. The van der Waals surface area contributed by atoms with Crippen LogP contribution in [-0.2, 0) is 25.5 Å². The van der Waals surface area contributed by atoms with Crippen molar-refractivity contribution in [2.75, 3.05) is 6.61 Å². The lowest BCUT2D eigenvalue weighted by Gasteiger charge is -2.27. The zero-order chi connectivity index (χ0) is 25.7. The molecule has 0 spiro atoms. The molecule has 0 aliphatic heterocycles. The second kappa shape index (κ2) is 11.7. The van der Waals surface area contributed by atoms with Gasteiger partial charge in [0.1, 0.15) is 6.10 Å². The Morgan fingerprint density at radius 1 is 1.11 bits per heavy atom. The van der Waals surface area contributed by atoms with Gasteiger partial charge in [-0.1, -0.05) is 53.2 Å². The first kappa shape index (κ1) is 26.0. The minimum absolute atomic E-state index is 0.00733. The Morgan fingerprint density at radius 3 is 2.58 bits per heavy atom. The summed E-state index contributed by atoms with van der Waals surface area (Å²) in [5, 5.41) is 4.69. The number of benzene rings is 2. The van der Waals surface area contributed by atoms with Gasteiger partial charge in [0.05, 0.1) is 24.6 Å². The summed E-state index contributed by atoms with van der Waals surface area (Å²) in [4.78, 5) is 24.9. The predicted octanol–water partition coefficient (Wildman–Crippen LogP) is 6.99. The summed E-state index contributed by atoms with van der Waals surface area (Å²) >= 11 is 6.25. The Hall–Kier alpha value is -3.12. The molecule has 0 bridgehead atoms. The van der Waals surface area contributed by atoms with Crippen molar-refractivity contribution in [1.29, 1.82) is 0 Å². The van der Waals surface area contributed by atoms with Crippen molar-refractivity contribution in [2.24, 2.45) is 5.92 Å². The van der Waals surface area contributed by atoms with Gasteiger partial charge in [0, 0.05) is 21.7 Å². The Morgan fingerprint density at radius 2 is 1.86 bits per heavy atom. The molecule has 190 valence electrons. The minimum Gasteiger partial charge on any atom is -0.466 e. The van der Waals surface area contributed by atoms with Crippen molar-refractivity contribution in [3.63, 3.8) is 0 Å². The third-order valence-corrected chi connectivity index (χ3v) is 7.27. The quantitative estimate of drug-likeness (QED) is 0.304. The summed E-state index contributed by atoms with van der Waals surface area (Å²) in [6.07, 6.45) is 3.10. The van der Waals surface area contributed by atoms with Gasteiger partial charge in [0.2, 0.25) is 0 Å². The maximum Gasteiger partial charge on any atom is 0.311 e. The van der Waals surface area contributed by atoms with Gasteiger partial charge in [0.25, 0.3) is 0 Å². The fraction of sp³-hybridized carbons (Fsp3) is 0.414. The van der Waals surface area contributed by atoms with E-state index in [2.05, 4.69) is 17.3 Å². The number of hydrogen-bond acceptors (Lipinski definition) is 6. The Kier molecular flexibility index (Phi) is 8.47. The summed E-state index contributed by atoms with van der Waals surface area (Å²) in [5.74, 6) is 0.485. The van der Waals surface area contributed by atoms with Crippen LogP contribution in [0.4, 0.5) is 0 Å². The number of carbonyl (C=O) groups is 2. The topological polar surface area (TPSA) is 78.6 Å². The Bertz CT molecular complexity index is 1210. The Labute approximate surface area is 216 Å². The van der Waals surface area contributed by atoms with Crippen molar-refractivity contribution in [1.82, 2.24) is 5.16 Å². The van der Waals surface area contributed by atoms with Crippen LogP contribution in [0.3, 0.4) is 0 Å². The SMILES string of the molecule is CCOC(=O)C1CCC(c2cccc(-c3onc(C)c3CC(=O)OC(C)c3ccccc3Cl)c2)CC1. The second-order valence-electron chi connectivity index (χ2n) is 9.33. The van der Waals surface area contributed by atoms with Crippen molar-refractivity contribution in [2.45, 2.75) is 64.9 Å². The number of nitrogens with zero attached hydrogens (tertiary/aromatic N) is 1. The number of rotatable bonds is 8. The highest BCUT2D eigenvalue weighted by Crippen LogP contribution is 2.38. The van der Waals surface area contributed by atoms with E-state index in [-0.39, 0.29) is 24.3 Å². The van der Waals surface area contributed by atoms with E-state index in [0.717, 1.165) is 42.4 Å². The summed E-state index contributed by atoms with van der Waals surface area (Å²) in [6, 6.07) is 15.5. The van der Waals surface area contributed by atoms with E-state index in [4.69, 9.17) is 25.6 Å². The molecule has 3 aromatic rings. The molecule has 2 aromatic carbocycles. The van der Waals surface area contributed by atoms with Gasteiger partial charge in [0.15, 0.2) is 5.76 Å². The lowest BCUT2D eigenvalue weighted by molar-refractivity contribution is -0.149. The average Bonchev–Trinajstić information content (AvgIpc) is 3.24. The molecule has 1 saturated carbocycles. The molecular weight excluding hydrogens is 478 g/mol. The molecule has 1 aliphatic carbocycles. The molecule has 0 N–H and O–H groups in total. The van der Waals surface area contributed by atoms with E-state index >= 15 is 0 Å². The molecule has 1 atom stereocenters. The molecule has 1 aromatic heterocycles. The van der Waals surface area contributed by atoms with Crippen LogP contribution >= 0.6 is 11.6 Å². The first-order chi connectivity index (χ1) is 17.4. The van der Waals surface area contributed by atoms with Crippen LogP contribution in [0, 0.1) is 12.8 Å². The molecule has 1 heterocycles. The molecule has 0 saturated heterocycles. The van der Waals surface area contributed by atoms with Gasteiger partial charge in [-0.2, -0.15) is 0 Å². The monoisotopic (exact) mass is 509 g/mol. The van der Waals surface area contributed by atoms with E-state index in [9.17, 15) is 9.59 Å². The van der Waals surface area contributed by atoms with Gasteiger partial charge < -0.3 is 14.0 Å². The molecule has 6 nitrogen and oxygen atoms in total. The number of esters is 2. The molecule has 1 unspecified atom stereocenters. The summed E-state index contributed by atoms with van der Waals surface area (Å²) in [5.41, 5.74) is 4.22. The highest BCUT2D eigenvalue weighted by atomic mass is 35.5. The Balaban J connectivity index is 1.45. The molecular formula is C29H32ClNO5. The fourth-order valence-corrected chi connectivity index (χ4v) is 5.22. The van der Waals surface area contributed by atoms with Crippen LogP contribution in [0.25, 0.3) is 11.3 Å². The standard InChI is InChI=1S/C29H32ClNO5/c1-4-34-29(33)21-14-12-20(13-15-21)22-8-7-9-23(16-22)28-25(18(2)31-36-28)17-27(32)35-19(3)24-10-5-6-11-26(24)30/h5-11,16,19-21H,4,12-15,17H2,1-3H3. The van der Waals surface area contributed by atoms with Crippen LogP contribution in [-0.4, -0.2) is 23.7 Å². The summed E-state index contributed by atoms with van der Waals surface area (Å²) < 4.78 is 16.5. The van der Waals surface area contributed by atoms with E-state index in [1.165, 1.54) is 5.56 Å². The molecule has 1 fully saturated rings. The number of carbonyl (C=O) groups excluding carboxylic acids is 2. The third-order valence-electron chi connectivity index (χ3n) is 6.92. The zero-order valence-corrected chi connectivity index (χ0v) is 21.7. The van der Waals surface area contributed by atoms with Gasteiger partial charge in [-0.25, -0.2) is 0 Å². The van der Waals surface area contributed by atoms with Crippen LogP contribution < -0.4 is 0 Å². The van der Waals surface area contributed by atoms with Crippen LogP contribution in [0.1, 0.15) is 73.9 Å². The van der Waals surface area contributed by atoms with Crippen molar-refractivity contribution >= 4 is 23.5 Å². The third kappa shape index (κ3) is 5.98. The lowest BCUT2D eigenvalue weighted by atomic mass is 9.78. The van der Waals surface area contributed by atoms with Gasteiger partial charge in [-0.3, -0.25) is 9.59 Å². The summed E-state index contributed by atoms with van der Waals surface area (Å²) in [7, 11) is 0. The molecule has 0 radical (unpaired) electrons. The van der Waals surface area contributed by atoms with Gasteiger partial charge in [-0.05, 0) is 70.1 Å². The summed E-state index contributed by atoms with van der Waals surface area (Å²) in [6.45, 7) is 5.90. The number of aryl methyl sites for hydroxylation is 1. The number of hydrogen-bond donors (Lipinski definition) is 0. The van der Waals surface area contributed by atoms with Crippen LogP contribution in [0.5, 0.6) is 0 Å². The predicted molar refractivity (Wildman–Crippen MR) is 138 cm³/mol. The maximum atomic E-state index is 12.8. The van der Waals surface area contributed by atoms with E-state index in [1.54, 1.807) is 13.0 Å². The van der Waals surface area contributed by atoms with Crippen molar-refractivity contribution < 1.29 is 23.6 Å². The maximum absolute atomic E-state index is 12.8. The molecule has 4 rings (SSSR count). The van der Waals surface area contributed by atoms with E-state index < -0.39 is 6.10 Å². The van der Waals surface area contributed by atoms with E-state index in [1.807, 2.05) is 44.2 Å². The normalized spacial score (nSPS) is 18.4. The second-order valence-corrected chi connectivity index (χ2v) is 9.74. The smallest absolute Gasteiger partial charge is 0.311 e. The molecule has 7 heteroatoms. The highest BCUT2D eigenvalue weighted by molar-refractivity contribution is 6.31. The zero-order valence-electron chi connectivity index (χ0n) is 21.0. The molecule has 0 amide bonds. The number of aromatic nitrogens is 1.